The van der Waals surface area contributed by atoms with E-state index in [2.05, 4.69) is 30.4 Å². The van der Waals surface area contributed by atoms with Gasteiger partial charge in [0.1, 0.15) is 0 Å². The second-order valence-electron chi connectivity index (χ2n) is 2.57. The Hall–Kier alpha value is 0.700. The van der Waals surface area contributed by atoms with Crippen molar-refractivity contribution in [1.82, 2.24) is 0 Å². The van der Waals surface area contributed by atoms with Gasteiger partial charge < -0.3 is 0 Å². The van der Waals surface area contributed by atoms with Gasteiger partial charge in [0.2, 0.25) is 0 Å². The van der Waals surface area contributed by atoms with Gasteiger partial charge in [-0.05, 0) is 6.42 Å². The van der Waals surface area contributed by atoms with E-state index in [0.717, 1.165) is 15.7 Å². The highest BCUT2D eigenvalue weighted by molar-refractivity contribution is 8.08. The molecule has 2 heterocycles. The van der Waals surface area contributed by atoms with Crippen LogP contribution in [0.4, 0.5) is 0 Å². The van der Waals surface area contributed by atoms with Crippen molar-refractivity contribution in [3.8, 4) is 0 Å². The third-order valence-electron chi connectivity index (χ3n) is 1.73. The molecule has 2 aliphatic rings. The van der Waals surface area contributed by atoms with Gasteiger partial charge in [0, 0.05) is 21.5 Å². The summed E-state index contributed by atoms with van der Waals surface area (Å²) < 4.78 is 0. The van der Waals surface area contributed by atoms with Gasteiger partial charge in [0.15, 0.2) is 0 Å². The number of thioether (sulfide) groups is 2. The summed E-state index contributed by atoms with van der Waals surface area (Å²) in [6.45, 7) is 2.34. The predicted octanol–water partition coefficient (Wildman–Crippen LogP) is 2.00. The minimum atomic E-state index is 0.996. The van der Waals surface area contributed by atoms with E-state index in [0.29, 0.717) is 0 Å². The van der Waals surface area contributed by atoms with E-state index in [4.69, 9.17) is 0 Å². The molecule has 2 aliphatic heterocycles. The lowest BCUT2D eigenvalue weighted by Gasteiger charge is -1.85. The maximum absolute atomic E-state index is 2.34. The van der Waals surface area contributed by atoms with Gasteiger partial charge in [-0.3, -0.25) is 0 Å². The molecule has 0 saturated carbocycles. The van der Waals surface area contributed by atoms with Crippen LogP contribution in [0.2, 0.25) is 0 Å². The smallest absolute Gasteiger partial charge is 0.0177 e. The van der Waals surface area contributed by atoms with Gasteiger partial charge in [-0.1, -0.05) is 6.92 Å². The molecule has 0 amide bonds. The zero-order chi connectivity index (χ0) is 5.56. The highest BCUT2D eigenvalue weighted by Gasteiger charge is 2.38. The molecule has 46 valence electrons. The van der Waals surface area contributed by atoms with Crippen LogP contribution in [-0.4, -0.2) is 21.5 Å². The fraction of sp³-hybridized carbons (Fsp3) is 1.00. The SMILES string of the molecule is CC1S[C@H]1CC1CS1. The molecule has 0 N–H and O–H groups in total. The van der Waals surface area contributed by atoms with Gasteiger partial charge in [0.25, 0.3) is 0 Å². The zero-order valence-corrected chi connectivity index (χ0v) is 6.60. The third-order valence-corrected chi connectivity index (χ3v) is 4.13. The van der Waals surface area contributed by atoms with Crippen LogP contribution in [0.15, 0.2) is 0 Å². The molecule has 0 radical (unpaired) electrons. The van der Waals surface area contributed by atoms with Crippen LogP contribution in [-0.2, 0) is 0 Å². The summed E-state index contributed by atoms with van der Waals surface area (Å²) >= 11 is 4.27. The van der Waals surface area contributed by atoms with E-state index >= 15 is 0 Å². The molecule has 2 rings (SSSR count). The van der Waals surface area contributed by atoms with E-state index in [1.807, 2.05) is 0 Å². The monoisotopic (exact) mass is 146 g/mol. The molecule has 2 heteroatoms. The highest BCUT2D eigenvalue weighted by Crippen LogP contribution is 2.48. The Kier molecular flexibility index (Phi) is 1.26. The average molecular weight is 146 g/mol. The van der Waals surface area contributed by atoms with Crippen LogP contribution < -0.4 is 0 Å². The van der Waals surface area contributed by atoms with Gasteiger partial charge in [0.05, 0.1) is 0 Å². The first-order valence-corrected chi connectivity index (χ1v) is 5.12. The number of hydrogen-bond donors (Lipinski definition) is 0. The molecular weight excluding hydrogens is 136 g/mol. The predicted molar refractivity (Wildman–Crippen MR) is 41.7 cm³/mol. The van der Waals surface area contributed by atoms with E-state index < -0.39 is 0 Å². The highest BCUT2D eigenvalue weighted by atomic mass is 32.2. The van der Waals surface area contributed by atoms with Crippen LogP contribution in [0.25, 0.3) is 0 Å². The zero-order valence-electron chi connectivity index (χ0n) is 4.96. The molecule has 0 aromatic heterocycles. The Bertz CT molecular complexity index is 98.7. The summed E-state index contributed by atoms with van der Waals surface area (Å²) in [5.41, 5.74) is 0. The van der Waals surface area contributed by atoms with Crippen molar-refractivity contribution in [2.45, 2.75) is 29.1 Å². The van der Waals surface area contributed by atoms with Crippen molar-refractivity contribution in [3.05, 3.63) is 0 Å². The quantitative estimate of drug-likeness (QED) is 0.546. The maximum atomic E-state index is 2.34. The molecule has 2 fully saturated rings. The normalized spacial score (nSPS) is 51.4. The van der Waals surface area contributed by atoms with Crippen molar-refractivity contribution in [2.24, 2.45) is 0 Å². The van der Waals surface area contributed by atoms with Crippen molar-refractivity contribution >= 4 is 23.5 Å². The molecule has 0 bridgehead atoms. The third kappa shape index (κ3) is 1.16. The summed E-state index contributed by atoms with van der Waals surface area (Å²) in [4.78, 5) is 0. The molecule has 0 spiro atoms. The van der Waals surface area contributed by atoms with Crippen molar-refractivity contribution in [3.63, 3.8) is 0 Å². The average Bonchev–Trinajstić information content (AvgIpc) is 2.52. The first-order valence-electron chi connectivity index (χ1n) is 3.13. The molecule has 0 aromatic carbocycles. The number of rotatable bonds is 2. The van der Waals surface area contributed by atoms with Crippen LogP contribution in [0.1, 0.15) is 13.3 Å². The van der Waals surface area contributed by atoms with E-state index in [9.17, 15) is 0 Å². The first-order chi connectivity index (χ1) is 3.86. The van der Waals surface area contributed by atoms with Gasteiger partial charge >= 0.3 is 0 Å². The van der Waals surface area contributed by atoms with Gasteiger partial charge in [-0.2, -0.15) is 23.5 Å². The van der Waals surface area contributed by atoms with E-state index in [1.54, 1.807) is 0 Å². The molecule has 8 heavy (non-hydrogen) atoms. The molecule has 0 nitrogen and oxygen atoms in total. The molecule has 3 atom stereocenters. The Balaban J connectivity index is 1.69. The Labute approximate surface area is 58.8 Å². The second-order valence-corrected chi connectivity index (χ2v) is 5.53. The van der Waals surface area contributed by atoms with Gasteiger partial charge in [-0.25, -0.2) is 0 Å². The summed E-state index contributed by atoms with van der Waals surface area (Å²) in [5, 5.41) is 3.11. The van der Waals surface area contributed by atoms with Crippen LogP contribution >= 0.6 is 23.5 Å². The molecule has 0 aromatic rings. The van der Waals surface area contributed by atoms with Crippen molar-refractivity contribution in [2.75, 3.05) is 5.75 Å². The summed E-state index contributed by atoms with van der Waals surface area (Å²) in [6, 6.07) is 0. The minimum Gasteiger partial charge on any atom is -0.157 e. The molecule has 2 saturated heterocycles. The summed E-state index contributed by atoms with van der Waals surface area (Å²) in [5.74, 6) is 1.45. The maximum Gasteiger partial charge on any atom is 0.0177 e. The fourth-order valence-corrected chi connectivity index (χ4v) is 2.59. The second kappa shape index (κ2) is 1.84. The lowest BCUT2D eigenvalue weighted by atomic mass is 10.2. The molecular formula is C6H10S2. The largest absolute Gasteiger partial charge is 0.157 e. The fourth-order valence-electron chi connectivity index (χ4n) is 0.941. The summed E-state index contributed by atoms with van der Waals surface area (Å²) in [6.07, 6.45) is 1.50. The Morgan fingerprint density at radius 3 is 2.62 bits per heavy atom. The van der Waals surface area contributed by atoms with E-state index in [-0.39, 0.29) is 0 Å². The Morgan fingerprint density at radius 1 is 1.62 bits per heavy atom. The summed E-state index contributed by atoms with van der Waals surface area (Å²) in [7, 11) is 0. The van der Waals surface area contributed by atoms with Crippen molar-refractivity contribution < 1.29 is 0 Å². The molecule has 0 aliphatic carbocycles. The number of hydrogen-bond acceptors (Lipinski definition) is 2. The lowest BCUT2D eigenvalue weighted by Crippen LogP contribution is -1.93. The van der Waals surface area contributed by atoms with Crippen LogP contribution in [0, 0.1) is 0 Å². The topological polar surface area (TPSA) is 0 Å². The van der Waals surface area contributed by atoms with Crippen LogP contribution in [0.3, 0.4) is 0 Å². The van der Waals surface area contributed by atoms with E-state index in [1.165, 1.54) is 12.2 Å². The van der Waals surface area contributed by atoms with Crippen molar-refractivity contribution in [1.29, 1.82) is 0 Å². The van der Waals surface area contributed by atoms with Crippen LogP contribution in [0.5, 0.6) is 0 Å². The first kappa shape index (κ1) is 5.48. The minimum absolute atomic E-state index is 0.996. The Morgan fingerprint density at radius 2 is 2.25 bits per heavy atom. The standard InChI is InChI=1S/C6H10S2/c1-4-6(8-4)2-5-3-7-5/h4-6H,2-3H2,1H3/t4?,5?,6-/m0/s1. The van der Waals surface area contributed by atoms with Gasteiger partial charge in [-0.15, -0.1) is 0 Å². The molecule has 2 unspecified atom stereocenters. The lowest BCUT2D eigenvalue weighted by molar-refractivity contribution is 0.844.